The SMILES string of the molecule is O=C(c1cccs1)[C@@H]1[C@@H]2C(=O)N(c3ccc4ccccc4c3)C(=O)[C@@H]2C2c3ccccc3C=CN21. The van der Waals surface area contributed by atoms with Gasteiger partial charge in [-0.05, 0) is 51.6 Å². The number of hydrogen-bond acceptors (Lipinski definition) is 5. The number of rotatable bonds is 3. The molecular formula is C29H20N2O3S. The summed E-state index contributed by atoms with van der Waals surface area (Å²) in [5, 5.41) is 3.86. The van der Waals surface area contributed by atoms with E-state index in [9.17, 15) is 14.4 Å². The number of imide groups is 1. The van der Waals surface area contributed by atoms with Crippen LogP contribution in [0.15, 0.2) is 90.4 Å². The topological polar surface area (TPSA) is 57.7 Å². The predicted molar refractivity (Wildman–Crippen MR) is 136 cm³/mol. The molecule has 4 aromatic rings. The third kappa shape index (κ3) is 2.83. The second kappa shape index (κ2) is 7.48. The summed E-state index contributed by atoms with van der Waals surface area (Å²) in [6.07, 6.45) is 3.86. The van der Waals surface area contributed by atoms with Crippen molar-refractivity contribution in [2.75, 3.05) is 4.90 Å². The second-order valence-electron chi connectivity index (χ2n) is 9.22. The van der Waals surface area contributed by atoms with Gasteiger partial charge < -0.3 is 4.90 Å². The van der Waals surface area contributed by atoms with E-state index >= 15 is 0 Å². The highest BCUT2D eigenvalue weighted by molar-refractivity contribution is 7.12. The van der Waals surface area contributed by atoms with Gasteiger partial charge in [0, 0.05) is 6.20 Å². The molecule has 170 valence electrons. The summed E-state index contributed by atoms with van der Waals surface area (Å²) in [5.41, 5.74) is 2.55. The molecule has 35 heavy (non-hydrogen) atoms. The number of Topliss-reactive ketones (excluding diaryl/α,β-unsaturated/α-hetero) is 1. The van der Waals surface area contributed by atoms with Crippen molar-refractivity contribution in [1.29, 1.82) is 0 Å². The fourth-order valence-electron chi connectivity index (χ4n) is 5.99. The molecule has 0 saturated carbocycles. The first-order valence-electron chi connectivity index (χ1n) is 11.6. The van der Waals surface area contributed by atoms with E-state index in [4.69, 9.17) is 0 Å². The Bertz CT molecular complexity index is 1560. The largest absolute Gasteiger partial charge is 0.358 e. The number of carbonyl (C=O) groups is 3. The molecule has 0 bridgehead atoms. The van der Waals surface area contributed by atoms with Crippen molar-refractivity contribution >= 4 is 51.5 Å². The van der Waals surface area contributed by atoms with Crippen LogP contribution in [0.1, 0.15) is 26.8 Å². The highest BCUT2D eigenvalue weighted by Gasteiger charge is 2.64. The summed E-state index contributed by atoms with van der Waals surface area (Å²) in [6, 6.07) is 24.0. The maximum atomic E-state index is 14.0. The normalized spacial score (nSPS) is 24.6. The molecule has 4 heterocycles. The van der Waals surface area contributed by atoms with E-state index in [0.717, 1.165) is 21.9 Å². The van der Waals surface area contributed by atoms with Gasteiger partial charge >= 0.3 is 0 Å². The van der Waals surface area contributed by atoms with Gasteiger partial charge in [0.15, 0.2) is 5.78 Å². The molecular weight excluding hydrogens is 456 g/mol. The molecule has 5 nitrogen and oxygen atoms in total. The molecule has 6 heteroatoms. The van der Waals surface area contributed by atoms with Gasteiger partial charge in [0.25, 0.3) is 0 Å². The average molecular weight is 477 g/mol. The number of hydrogen-bond donors (Lipinski definition) is 0. The summed E-state index contributed by atoms with van der Waals surface area (Å²) in [5.74, 6) is -2.02. The molecule has 2 saturated heterocycles. The molecule has 7 rings (SSSR count). The third-order valence-corrected chi connectivity index (χ3v) is 8.37. The summed E-state index contributed by atoms with van der Waals surface area (Å²) in [4.78, 5) is 45.6. The Morgan fingerprint density at radius 2 is 1.57 bits per heavy atom. The molecule has 2 fully saturated rings. The van der Waals surface area contributed by atoms with E-state index in [1.807, 2.05) is 95.4 Å². The Balaban J connectivity index is 1.38. The van der Waals surface area contributed by atoms with E-state index < -0.39 is 17.9 Å². The molecule has 0 spiro atoms. The van der Waals surface area contributed by atoms with Crippen molar-refractivity contribution in [2.24, 2.45) is 11.8 Å². The highest BCUT2D eigenvalue weighted by Crippen LogP contribution is 2.53. The van der Waals surface area contributed by atoms with E-state index in [2.05, 4.69) is 0 Å². The lowest BCUT2D eigenvalue weighted by atomic mass is 9.84. The lowest BCUT2D eigenvalue weighted by Crippen LogP contribution is -2.44. The summed E-state index contributed by atoms with van der Waals surface area (Å²) in [6.45, 7) is 0. The van der Waals surface area contributed by atoms with Gasteiger partial charge in [-0.3, -0.25) is 14.4 Å². The van der Waals surface area contributed by atoms with Gasteiger partial charge in [0.1, 0.15) is 6.04 Å². The van der Waals surface area contributed by atoms with Crippen LogP contribution in [-0.2, 0) is 9.59 Å². The molecule has 3 aliphatic rings. The van der Waals surface area contributed by atoms with Crippen LogP contribution in [0.2, 0.25) is 0 Å². The zero-order chi connectivity index (χ0) is 23.7. The van der Waals surface area contributed by atoms with Crippen LogP contribution < -0.4 is 4.90 Å². The lowest BCUT2D eigenvalue weighted by Gasteiger charge is -2.35. The zero-order valence-corrected chi connectivity index (χ0v) is 19.4. The molecule has 1 aromatic heterocycles. The number of amides is 2. The zero-order valence-electron chi connectivity index (χ0n) is 18.6. The monoisotopic (exact) mass is 476 g/mol. The second-order valence-corrected chi connectivity index (χ2v) is 10.2. The molecule has 0 N–H and O–H groups in total. The fraction of sp³-hybridized carbons (Fsp3) is 0.138. The van der Waals surface area contributed by atoms with Crippen molar-refractivity contribution in [3.63, 3.8) is 0 Å². The number of nitrogens with zero attached hydrogens (tertiary/aromatic N) is 2. The molecule has 2 amide bonds. The van der Waals surface area contributed by atoms with Crippen LogP contribution in [0.4, 0.5) is 5.69 Å². The maximum absolute atomic E-state index is 14.0. The van der Waals surface area contributed by atoms with Gasteiger partial charge in [-0.1, -0.05) is 60.7 Å². The van der Waals surface area contributed by atoms with Crippen molar-refractivity contribution in [1.82, 2.24) is 4.90 Å². The standard InChI is InChI=1S/C29H20N2O3S/c32-27(22-10-5-15-35-22)26-24-23(25-21-9-4-3-7-18(21)13-14-30(25)26)28(33)31(29(24)34)20-12-11-17-6-1-2-8-19(17)16-20/h1-16,23-26H/t23-,24+,25?,26-/m0/s1. The van der Waals surface area contributed by atoms with Crippen molar-refractivity contribution in [3.8, 4) is 0 Å². The summed E-state index contributed by atoms with van der Waals surface area (Å²) >= 11 is 1.37. The molecule has 0 aliphatic carbocycles. The predicted octanol–water partition coefficient (Wildman–Crippen LogP) is 5.30. The molecule has 1 unspecified atom stereocenters. The van der Waals surface area contributed by atoms with Gasteiger partial charge in [0.05, 0.1) is 28.4 Å². The number of carbonyl (C=O) groups excluding carboxylic acids is 3. The van der Waals surface area contributed by atoms with Crippen molar-refractivity contribution in [3.05, 3.63) is 106 Å². The number of anilines is 1. The number of benzene rings is 3. The molecule has 4 atom stereocenters. The van der Waals surface area contributed by atoms with Gasteiger partial charge in [0.2, 0.25) is 11.8 Å². The summed E-state index contributed by atoms with van der Waals surface area (Å²) in [7, 11) is 0. The summed E-state index contributed by atoms with van der Waals surface area (Å²) < 4.78 is 0. The van der Waals surface area contributed by atoms with Crippen LogP contribution in [0.3, 0.4) is 0 Å². The Morgan fingerprint density at radius 3 is 2.40 bits per heavy atom. The van der Waals surface area contributed by atoms with Crippen molar-refractivity contribution < 1.29 is 14.4 Å². The van der Waals surface area contributed by atoms with Gasteiger partial charge in [-0.15, -0.1) is 11.3 Å². The number of thiophene rings is 1. The number of fused-ring (bicyclic) bond motifs is 6. The number of ketones is 1. The first-order chi connectivity index (χ1) is 17.1. The molecule has 3 aromatic carbocycles. The van der Waals surface area contributed by atoms with Gasteiger partial charge in [-0.2, -0.15) is 0 Å². The Labute approximate surface area is 205 Å². The van der Waals surface area contributed by atoms with Crippen LogP contribution in [0.25, 0.3) is 16.8 Å². The van der Waals surface area contributed by atoms with E-state index in [-0.39, 0.29) is 23.6 Å². The van der Waals surface area contributed by atoms with Crippen LogP contribution in [0, 0.1) is 11.8 Å². The Hall–Kier alpha value is -4.03. The first kappa shape index (κ1) is 20.4. The Kier molecular flexibility index (Phi) is 4.35. The van der Waals surface area contributed by atoms with Crippen molar-refractivity contribution in [2.45, 2.75) is 12.1 Å². The molecule has 0 radical (unpaired) electrons. The minimum atomic E-state index is -0.746. The fourth-order valence-corrected chi connectivity index (χ4v) is 6.69. The average Bonchev–Trinajstić information content (AvgIpc) is 3.60. The quantitative estimate of drug-likeness (QED) is 0.297. The highest BCUT2D eigenvalue weighted by atomic mass is 32.1. The minimum absolute atomic E-state index is 0.108. The first-order valence-corrected chi connectivity index (χ1v) is 12.5. The molecule has 3 aliphatic heterocycles. The smallest absolute Gasteiger partial charge is 0.240 e. The van der Waals surface area contributed by atoms with E-state index in [1.165, 1.54) is 16.2 Å². The van der Waals surface area contributed by atoms with Crippen LogP contribution in [-0.4, -0.2) is 28.5 Å². The minimum Gasteiger partial charge on any atom is -0.358 e. The van der Waals surface area contributed by atoms with E-state index in [0.29, 0.717) is 10.6 Å². The van der Waals surface area contributed by atoms with E-state index in [1.54, 1.807) is 6.07 Å². The maximum Gasteiger partial charge on any atom is 0.240 e. The van der Waals surface area contributed by atoms with Crippen LogP contribution >= 0.6 is 11.3 Å². The van der Waals surface area contributed by atoms with Gasteiger partial charge in [-0.25, -0.2) is 4.90 Å². The van der Waals surface area contributed by atoms with Crippen LogP contribution in [0.5, 0.6) is 0 Å². The Morgan fingerprint density at radius 1 is 0.800 bits per heavy atom. The third-order valence-electron chi connectivity index (χ3n) is 7.49. The lowest BCUT2D eigenvalue weighted by molar-refractivity contribution is -0.123.